The fourth-order valence-corrected chi connectivity index (χ4v) is 3.33. The molecule has 2 aromatic rings. The van der Waals surface area contributed by atoms with E-state index in [-0.39, 0.29) is 23.3 Å². The van der Waals surface area contributed by atoms with Crippen LogP contribution >= 0.6 is 11.6 Å². The number of imidazole rings is 1. The average Bonchev–Trinajstić information content (AvgIpc) is 2.65. The summed E-state index contributed by atoms with van der Waals surface area (Å²) in [6.45, 7) is -0.261. The van der Waals surface area contributed by atoms with Crippen LogP contribution in [0.15, 0.2) is 29.4 Å². The molecule has 8 heteroatoms. The van der Waals surface area contributed by atoms with E-state index in [1.807, 2.05) is 0 Å². The van der Waals surface area contributed by atoms with Gasteiger partial charge in [-0.2, -0.15) is 4.31 Å². The minimum absolute atomic E-state index is 0.00126. The lowest BCUT2D eigenvalue weighted by atomic mass is 10.5. The number of fused-ring (bicyclic) bond motifs is 1. The normalized spacial score (nSPS) is 12.4. The molecule has 0 radical (unpaired) electrons. The number of halogens is 1. The summed E-state index contributed by atoms with van der Waals surface area (Å²) in [5, 5.41) is 8.65. The summed E-state index contributed by atoms with van der Waals surface area (Å²) in [5.41, 5.74) is 0.457. The summed E-state index contributed by atoms with van der Waals surface area (Å²) in [7, 11) is -2.39. The van der Waals surface area contributed by atoms with Crippen molar-refractivity contribution in [2.45, 2.75) is 5.03 Å². The molecule has 2 heterocycles. The number of likely N-dealkylation sites (N-methyl/N-ethyl adjacent to an activating group) is 1. The molecule has 0 aliphatic carbocycles. The third kappa shape index (κ3) is 2.10. The Hall–Kier alpha value is -1.15. The Bertz CT molecular complexity index is 668. The highest BCUT2D eigenvalue weighted by Crippen LogP contribution is 2.24. The van der Waals surface area contributed by atoms with Crippen LogP contribution in [0.3, 0.4) is 0 Å². The lowest BCUT2D eigenvalue weighted by Gasteiger charge is -2.15. The monoisotopic (exact) mass is 289 g/mol. The number of rotatable bonds is 4. The minimum Gasteiger partial charge on any atom is -0.395 e. The Kier molecular flexibility index (Phi) is 3.58. The highest BCUT2D eigenvalue weighted by atomic mass is 35.5. The van der Waals surface area contributed by atoms with Gasteiger partial charge in [0.05, 0.1) is 6.61 Å². The van der Waals surface area contributed by atoms with E-state index in [4.69, 9.17) is 16.7 Å². The summed E-state index contributed by atoms with van der Waals surface area (Å²) in [5.74, 6) is 0. The molecule has 98 valence electrons. The molecule has 0 amide bonds. The maximum atomic E-state index is 12.3. The number of aliphatic hydroxyl groups is 1. The Balaban J connectivity index is 2.64. The summed E-state index contributed by atoms with van der Waals surface area (Å²) in [6.07, 6.45) is 1.58. The van der Waals surface area contributed by atoms with E-state index in [1.165, 1.54) is 11.4 Å². The van der Waals surface area contributed by atoms with Gasteiger partial charge in [0.25, 0.3) is 10.0 Å². The van der Waals surface area contributed by atoms with Gasteiger partial charge in [-0.25, -0.2) is 13.4 Å². The van der Waals surface area contributed by atoms with Crippen LogP contribution in [0.25, 0.3) is 5.65 Å². The highest BCUT2D eigenvalue weighted by molar-refractivity contribution is 7.89. The number of aliphatic hydroxyl groups excluding tert-OH is 1. The van der Waals surface area contributed by atoms with Crippen molar-refractivity contribution in [2.24, 2.45) is 0 Å². The van der Waals surface area contributed by atoms with Gasteiger partial charge < -0.3 is 5.11 Å². The molecule has 0 unspecified atom stereocenters. The van der Waals surface area contributed by atoms with E-state index in [1.54, 1.807) is 24.4 Å². The predicted molar refractivity (Wildman–Crippen MR) is 67.1 cm³/mol. The molecule has 6 nitrogen and oxygen atoms in total. The average molecular weight is 290 g/mol. The van der Waals surface area contributed by atoms with E-state index in [0.717, 1.165) is 4.31 Å². The van der Waals surface area contributed by atoms with Gasteiger partial charge in [-0.15, -0.1) is 0 Å². The molecular weight excluding hydrogens is 278 g/mol. The number of sulfonamides is 1. The summed E-state index contributed by atoms with van der Waals surface area (Å²) in [6, 6.07) is 5.10. The molecule has 18 heavy (non-hydrogen) atoms. The van der Waals surface area contributed by atoms with Crippen molar-refractivity contribution in [1.82, 2.24) is 13.7 Å². The Morgan fingerprint density at radius 3 is 2.89 bits per heavy atom. The summed E-state index contributed by atoms with van der Waals surface area (Å²) >= 11 is 5.90. The van der Waals surface area contributed by atoms with Crippen molar-refractivity contribution in [2.75, 3.05) is 20.2 Å². The topological polar surface area (TPSA) is 74.9 Å². The van der Waals surface area contributed by atoms with Gasteiger partial charge in [0.2, 0.25) is 0 Å². The second-order valence-corrected chi connectivity index (χ2v) is 6.00. The lowest BCUT2D eigenvalue weighted by Crippen LogP contribution is -2.30. The largest absolute Gasteiger partial charge is 0.395 e. The van der Waals surface area contributed by atoms with Gasteiger partial charge in [0.15, 0.2) is 10.2 Å². The van der Waals surface area contributed by atoms with E-state index in [9.17, 15) is 8.42 Å². The Labute approximate surface area is 109 Å². The van der Waals surface area contributed by atoms with E-state index < -0.39 is 10.0 Å². The standard InChI is InChI=1S/C10H12ClN3O3S/c1-13(6-7-15)18(16,17)10-9(11)12-8-4-2-3-5-14(8)10/h2-5,15H,6-7H2,1H3. The molecule has 0 bridgehead atoms. The molecule has 0 fully saturated rings. The molecule has 0 aliphatic heterocycles. The van der Waals surface area contributed by atoms with Crippen molar-refractivity contribution in [3.63, 3.8) is 0 Å². The first-order valence-corrected chi connectivity index (χ1v) is 7.00. The smallest absolute Gasteiger partial charge is 0.262 e. The van der Waals surface area contributed by atoms with Crippen LogP contribution < -0.4 is 0 Å². The van der Waals surface area contributed by atoms with Gasteiger partial charge in [-0.3, -0.25) is 4.40 Å². The van der Waals surface area contributed by atoms with Crippen LogP contribution in [0.5, 0.6) is 0 Å². The second-order valence-electron chi connectivity index (χ2n) is 3.69. The second kappa shape index (κ2) is 4.85. The lowest BCUT2D eigenvalue weighted by molar-refractivity contribution is 0.266. The van der Waals surface area contributed by atoms with Gasteiger partial charge in [-0.1, -0.05) is 17.7 Å². The first-order chi connectivity index (χ1) is 8.48. The number of aromatic nitrogens is 2. The fourth-order valence-electron chi connectivity index (χ4n) is 1.58. The van der Waals surface area contributed by atoms with Crippen molar-refractivity contribution in [1.29, 1.82) is 0 Å². The summed E-state index contributed by atoms with van der Waals surface area (Å²) < 4.78 is 27.0. The van der Waals surface area contributed by atoms with Crippen LogP contribution in [0.1, 0.15) is 0 Å². The predicted octanol–water partition coefficient (Wildman–Crippen LogP) is 0.600. The van der Waals surface area contributed by atoms with Crippen LogP contribution in [0.2, 0.25) is 5.15 Å². The SMILES string of the molecule is CN(CCO)S(=O)(=O)c1c(Cl)nc2ccccn12. The molecule has 0 aliphatic rings. The highest BCUT2D eigenvalue weighted by Gasteiger charge is 2.28. The third-order valence-electron chi connectivity index (χ3n) is 2.52. The molecule has 2 aromatic heterocycles. The quantitative estimate of drug-likeness (QED) is 0.894. The number of pyridine rings is 1. The summed E-state index contributed by atoms with van der Waals surface area (Å²) in [4.78, 5) is 3.98. The zero-order valence-corrected chi connectivity index (χ0v) is 11.2. The van der Waals surface area contributed by atoms with Crippen LogP contribution in [0.4, 0.5) is 0 Å². The van der Waals surface area contributed by atoms with Crippen LogP contribution in [-0.2, 0) is 10.0 Å². The Morgan fingerprint density at radius 1 is 1.50 bits per heavy atom. The molecule has 1 N–H and O–H groups in total. The van der Waals surface area contributed by atoms with Crippen LogP contribution in [-0.4, -0.2) is 47.4 Å². The van der Waals surface area contributed by atoms with Crippen molar-refractivity contribution in [3.05, 3.63) is 29.5 Å². The minimum atomic E-state index is -3.77. The molecule has 0 saturated carbocycles. The Morgan fingerprint density at radius 2 is 2.22 bits per heavy atom. The van der Waals surface area contributed by atoms with Crippen molar-refractivity contribution < 1.29 is 13.5 Å². The van der Waals surface area contributed by atoms with Crippen LogP contribution in [0, 0.1) is 0 Å². The maximum Gasteiger partial charge on any atom is 0.262 e. The number of hydrogen-bond acceptors (Lipinski definition) is 4. The molecule has 0 aromatic carbocycles. The first-order valence-electron chi connectivity index (χ1n) is 5.18. The number of nitrogens with zero attached hydrogens (tertiary/aromatic N) is 3. The van der Waals surface area contributed by atoms with Crippen molar-refractivity contribution in [3.8, 4) is 0 Å². The van der Waals surface area contributed by atoms with E-state index >= 15 is 0 Å². The molecule has 0 saturated heterocycles. The molecule has 2 rings (SSSR count). The molecular formula is C10H12ClN3O3S. The van der Waals surface area contributed by atoms with E-state index in [0.29, 0.717) is 5.65 Å². The molecule has 0 spiro atoms. The van der Waals surface area contributed by atoms with Gasteiger partial charge >= 0.3 is 0 Å². The van der Waals surface area contributed by atoms with Gasteiger partial charge in [-0.05, 0) is 12.1 Å². The van der Waals surface area contributed by atoms with Gasteiger partial charge in [0, 0.05) is 19.8 Å². The number of hydrogen-bond donors (Lipinski definition) is 1. The fraction of sp³-hybridized carbons (Fsp3) is 0.300. The molecule has 0 atom stereocenters. The van der Waals surface area contributed by atoms with Gasteiger partial charge in [0.1, 0.15) is 5.65 Å². The zero-order chi connectivity index (χ0) is 13.3. The van der Waals surface area contributed by atoms with E-state index in [2.05, 4.69) is 4.98 Å². The first kappa shape index (κ1) is 13.3. The van der Waals surface area contributed by atoms with Crippen molar-refractivity contribution >= 4 is 27.3 Å². The zero-order valence-electron chi connectivity index (χ0n) is 9.62. The maximum absolute atomic E-state index is 12.3. The third-order valence-corrected chi connectivity index (χ3v) is 4.77.